The number of hydrogen-bond acceptors (Lipinski definition) is 6. The van der Waals surface area contributed by atoms with Gasteiger partial charge in [-0.05, 0) is 67.5 Å². The Bertz CT molecular complexity index is 1600. The number of aromatic nitrogens is 3. The number of ether oxygens (including phenoxy) is 1. The van der Waals surface area contributed by atoms with E-state index in [0.717, 1.165) is 38.0 Å². The van der Waals surface area contributed by atoms with Gasteiger partial charge in [0, 0.05) is 48.2 Å². The van der Waals surface area contributed by atoms with Crippen molar-refractivity contribution in [3.05, 3.63) is 114 Å². The molecular formula is C38H46N6O3. The first-order chi connectivity index (χ1) is 22.7. The van der Waals surface area contributed by atoms with Crippen molar-refractivity contribution in [3.63, 3.8) is 0 Å². The third-order valence-electron chi connectivity index (χ3n) is 9.48. The molecule has 9 nitrogen and oxygen atoms in total. The Kier molecular flexibility index (Phi) is 9.84. The van der Waals surface area contributed by atoms with Crippen molar-refractivity contribution in [1.29, 1.82) is 0 Å². The number of nitrogens with zero attached hydrogens (tertiary/aromatic N) is 4. The number of likely N-dealkylation sites (tertiary alicyclic amines) is 1. The molecule has 0 bridgehead atoms. The van der Waals surface area contributed by atoms with E-state index in [-0.39, 0.29) is 35.4 Å². The number of hydrogen-bond donors (Lipinski definition) is 2. The van der Waals surface area contributed by atoms with Crippen LogP contribution in [0.4, 0.5) is 5.69 Å². The van der Waals surface area contributed by atoms with Crippen molar-refractivity contribution >= 4 is 17.5 Å². The van der Waals surface area contributed by atoms with Crippen LogP contribution in [-0.4, -0.2) is 63.5 Å². The molecule has 5 unspecified atom stereocenters. The minimum atomic E-state index is -0.954. The summed E-state index contributed by atoms with van der Waals surface area (Å²) in [6, 6.07) is 21.4. The van der Waals surface area contributed by atoms with Gasteiger partial charge in [0.25, 0.3) is 5.91 Å². The molecule has 6 rings (SSSR count). The lowest BCUT2D eigenvalue weighted by molar-refractivity contribution is -0.123. The zero-order valence-corrected chi connectivity index (χ0v) is 27.8. The Morgan fingerprint density at radius 3 is 2.40 bits per heavy atom. The number of amides is 2. The molecule has 2 aliphatic heterocycles. The fraction of sp³-hybridized carbons (Fsp3) is 0.421. The minimum absolute atomic E-state index is 0.0655. The van der Waals surface area contributed by atoms with E-state index < -0.39 is 6.04 Å². The van der Waals surface area contributed by atoms with Gasteiger partial charge in [0.15, 0.2) is 0 Å². The summed E-state index contributed by atoms with van der Waals surface area (Å²) >= 11 is 0. The predicted octanol–water partition coefficient (Wildman–Crippen LogP) is 6.24. The van der Waals surface area contributed by atoms with E-state index in [2.05, 4.69) is 83.2 Å². The Hall–Kier alpha value is -4.34. The van der Waals surface area contributed by atoms with E-state index in [1.807, 2.05) is 30.3 Å². The average Bonchev–Trinajstić information content (AvgIpc) is 3.77. The molecule has 0 radical (unpaired) electrons. The highest BCUT2D eigenvalue weighted by atomic mass is 16.5. The van der Waals surface area contributed by atoms with Crippen molar-refractivity contribution in [2.75, 3.05) is 24.6 Å². The van der Waals surface area contributed by atoms with E-state index in [1.165, 1.54) is 18.1 Å². The number of pyridine rings is 1. The van der Waals surface area contributed by atoms with Gasteiger partial charge in [-0.1, -0.05) is 69.3 Å². The number of benzene rings is 2. The third-order valence-corrected chi connectivity index (χ3v) is 9.48. The quantitative estimate of drug-likeness (QED) is 0.226. The standard InChI is InChI=1S/C38H46N6O3/c1-26-20-29(24-47-26)34(27-10-6-5-7-11-27)43-19-9-13-31(23-43)42-36(45)35(28-12-8-18-39-21-28)44(37(46)33-22-40-25-41-33)32-16-14-30(15-17-32)38(2,3)4/h5-8,10-12,14-18,21-22,25-26,29,31,34-35H,9,13,19-20,23-24H2,1-4H3,(H,40,41)(H,42,45). The summed E-state index contributed by atoms with van der Waals surface area (Å²) in [5.41, 5.74) is 3.90. The van der Waals surface area contributed by atoms with Crippen LogP contribution in [0.5, 0.6) is 0 Å². The number of nitrogens with one attached hydrogen (secondary N) is 2. The molecule has 2 fully saturated rings. The molecule has 2 amide bonds. The first-order valence-corrected chi connectivity index (χ1v) is 16.7. The van der Waals surface area contributed by atoms with E-state index in [4.69, 9.17) is 4.74 Å². The average molecular weight is 635 g/mol. The molecule has 2 aromatic heterocycles. The Labute approximate surface area is 277 Å². The van der Waals surface area contributed by atoms with Crippen LogP contribution in [-0.2, 0) is 14.9 Å². The van der Waals surface area contributed by atoms with Crippen LogP contribution in [0.15, 0.2) is 91.6 Å². The lowest BCUT2D eigenvalue weighted by Gasteiger charge is -2.41. The lowest BCUT2D eigenvalue weighted by Crippen LogP contribution is -2.53. The predicted molar refractivity (Wildman–Crippen MR) is 183 cm³/mol. The lowest BCUT2D eigenvalue weighted by atomic mass is 9.87. The van der Waals surface area contributed by atoms with Crippen LogP contribution in [0, 0.1) is 5.92 Å². The summed E-state index contributed by atoms with van der Waals surface area (Å²) in [5, 5.41) is 3.38. The number of carbonyl (C=O) groups is 2. The normalized spacial score (nSPS) is 21.6. The van der Waals surface area contributed by atoms with Crippen molar-refractivity contribution in [2.24, 2.45) is 5.92 Å². The van der Waals surface area contributed by atoms with Crippen LogP contribution in [0.2, 0.25) is 0 Å². The molecule has 4 aromatic rings. The van der Waals surface area contributed by atoms with Crippen LogP contribution < -0.4 is 10.2 Å². The highest BCUT2D eigenvalue weighted by Gasteiger charge is 2.39. The number of piperidine rings is 1. The number of aromatic amines is 1. The van der Waals surface area contributed by atoms with Gasteiger partial charge in [-0.15, -0.1) is 0 Å². The maximum Gasteiger partial charge on any atom is 0.277 e. The molecule has 0 saturated carbocycles. The fourth-order valence-corrected chi connectivity index (χ4v) is 7.12. The molecule has 4 heterocycles. The van der Waals surface area contributed by atoms with Gasteiger partial charge in [0.2, 0.25) is 5.91 Å². The van der Waals surface area contributed by atoms with Gasteiger partial charge in [-0.3, -0.25) is 24.4 Å². The summed E-state index contributed by atoms with van der Waals surface area (Å²) in [6.45, 7) is 11.0. The molecule has 2 aliphatic rings. The largest absolute Gasteiger partial charge is 0.378 e. The highest BCUT2D eigenvalue weighted by Crippen LogP contribution is 2.38. The number of rotatable bonds is 9. The second kappa shape index (κ2) is 14.2. The highest BCUT2D eigenvalue weighted by molar-refractivity contribution is 6.09. The van der Waals surface area contributed by atoms with Crippen molar-refractivity contribution in [1.82, 2.24) is 25.2 Å². The first-order valence-electron chi connectivity index (χ1n) is 16.7. The molecule has 0 spiro atoms. The second-order valence-electron chi connectivity index (χ2n) is 14.0. The van der Waals surface area contributed by atoms with Crippen molar-refractivity contribution < 1.29 is 14.3 Å². The summed E-state index contributed by atoms with van der Waals surface area (Å²) in [5.74, 6) is -0.213. The zero-order chi connectivity index (χ0) is 33.0. The Morgan fingerprint density at radius 1 is 1.00 bits per heavy atom. The van der Waals surface area contributed by atoms with E-state index in [9.17, 15) is 9.59 Å². The van der Waals surface area contributed by atoms with Crippen LogP contribution in [0.1, 0.15) is 86.2 Å². The van der Waals surface area contributed by atoms with Gasteiger partial charge in [0.1, 0.15) is 11.7 Å². The van der Waals surface area contributed by atoms with Gasteiger partial charge in [-0.25, -0.2) is 4.98 Å². The van der Waals surface area contributed by atoms with Gasteiger partial charge in [-0.2, -0.15) is 0 Å². The van der Waals surface area contributed by atoms with Crippen LogP contribution in [0.3, 0.4) is 0 Å². The summed E-state index contributed by atoms with van der Waals surface area (Å²) in [6.07, 6.45) is 9.37. The summed E-state index contributed by atoms with van der Waals surface area (Å²) < 4.78 is 6.03. The van der Waals surface area contributed by atoms with E-state index >= 15 is 0 Å². The molecule has 0 aliphatic carbocycles. The molecule has 2 aromatic carbocycles. The number of H-pyrrole nitrogens is 1. The van der Waals surface area contributed by atoms with Crippen LogP contribution >= 0.6 is 0 Å². The summed E-state index contributed by atoms with van der Waals surface area (Å²) in [4.78, 5) is 44.2. The number of imidazole rings is 1. The van der Waals surface area contributed by atoms with Crippen molar-refractivity contribution in [2.45, 2.75) is 76.6 Å². The molecule has 246 valence electrons. The molecular weight excluding hydrogens is 588 g/mol. The second-order valence-corrected chi connectivity index (χ2v) is 14.0. The number of anilines is 1. The maximum absolute atomic E-state index is 14.6. The van der Waals surface area contributed by atoms with E-state index in [1.54, 1.807) is 23.4 Å². The van der Waals surface area contributed by atoms with Gasteiger partial charge < -0.3 is 15.0 Å². The Morgan fingerprint density at radius 2 is 1.77 bits per heavy atom. The number of carbonyl (C=O) groups excluding carboxylic acids is 2. The third kappa shape index (κ3) is 7.47. The molecule has 47 heavy (non-hydrogen) atoms. The van der Waals surface area contributed by atoms with E-state index in [0.29, 0.717) is 29.4 Å². The monoisotopic (exact) mass is 634 g/mol. The summed E-state index contributed by atoms with van der Waals surface area (Å²) in [7, 11) is 0. The molecule has 2 N–H and O–H groups in total. The van der Waals surface area contributed by atoms with Crippen LogP contribution in [0.25, 0.3) is 0 Å². The minimum Gasteiger partial charge on any atom is -0.378 e. The van der Waals surface area contributed by atoms with Crippen molar-refractivity contribution in [3.8, 4) is 0 Å². The molecule has 9 heteroatoms. The smallest absolute Gasteiger partial charge is 0.277 e. The topological polar surface area (TPSA) is 103 Å². The fourth-order valence-electron chi connectivity index (χ4n) is 7.12. The van der Waals surface area contributed by atoms with Gasteiger partial charge in [0.05, 0.1) is 25.2 Å². The first kappa shape index (κ1) is 32.6. The maximum atomic E-state index is 14.6. The molecule has 2 saturated heterocycles. The Balaban J connectivity index is 1.31. The van der Waals surface area contributed by atoms with Gasteiger partial charge >= 0.3 is 0 Å². The molecule has 5 atom stereocenters. The zero-order valence-electron chi connectivity index (χ0n) is 27.8. The SMILES string of the molecule is CC1CC(C(c2ccccc2)N2CCCC(NC(=O)C(c3cccnc3)N(C(=O)c3cnc[nH]3)c3ccc(C(C)(C)C)cc3)C2)CO1.